The van der Waals surface area contributed by atoms with Crippen molar-refractivity contribution in [3.8, 4) is 0 Å². The van der Waals surface area contributed by atoms with E-state index in [0.29, 0.717) is 35.8 Å². The predicted octanol–water partition coefficient (Wildman–Crippen LogP) is 9.07. The molecule has 0 spiro atoms. The molecule has 2 unspecified atom stereocenters. The molecule has 44 heavy (non-hydrogen) atoms. The van der Waals surface area contributed by atoms with Crippen LogP contribution in [-0.2, 0) is 9.59 Å². The molecule has 0 heterocycles. The lowest BCUT2D eigenvalue weighted by Gasteiger charge is -2.34. The number of allylic oxidation sites excluding steroid dienone is 16. The highest BCUT2D eigenvalue weighted by atomic mass is 16.3. The Bertz CT molecular complexity index is 1330. The van der Waals surface area contributed by atoms with Gasteiger partial charge in [0.15, 0.2) is 11.6 Å². The fourth-order valence-electron chi connectivity index (χ4n) is 5.99. The van der Waals surface area contributed by atoms with E-state index in [4.69, 9.17) is 0 Å². The van der Waals surface area contributed by atoms with Gasteiger partial charge < -0.3 is 10.2 Å². The molecule has 0 saturated heterocycles. The molecule has 0 aromatic heterocycles. The van der Waals surface area contributed by atoms with Gasteiger partial charge in [-0.2, -0.15) is 0 Å². The lowest BCUT2D eigenvalue weighted by Crippen LogP contribution is -2.35. The summed E-state index contributed by atoms with van der Waals surface area (Å²) in [6.45, 7) is 20.5. The van der Waals surface area contributed by atoms with Gasteiger partial charge in [0.1, 0.15) is 12.2 Å². The van der Waals surface area contributed by atoms with Crippen LogP contribution in [0.4, 0.5) is 0 Å². The number of carbonyl (C=O) groups excluding carboxylic acids is 2. The predicted molar refractivity (Wildman–Crippen MR) is 185 cm³/mol. The SMILES string of the molecule is CC1=C(/C=C/C(C)=C/C=C/C(C)=C/C=C/CC(C)/C=C/CC(C)/C=C/C2=C(C)C(=O)[C@@H](O)CC2(C)C)C(C)(C)C[C@H](O)C1=O. The summed E-state index contributed by atoms with van der Waals surface area (Å²) >= 11 is 0. The number of ketones is 2. The van der Waals surface area contributed by atoms with Crippen LogP contribution in [-0.4, -0.2) is 34.0 Å². The lowest BCUT2D eigenvalue weighted by atomic mass is 9.71. The minimum absolute atomic E-state index is 0.148. The van der Waals surface area contributed by atoms with Gasteiger partial charge in [-0.25, -0.2) is 0 Å². The van der Waals surface area contributed by atoms with E-state index in [1.807, 2.05) is 32.1 Å². The molecule has 0 aromatic carbocycles. The number of aliphatic hydroxyl groups excluding tert-OH is 2. The quantitative estimate of drug-likeness (QED) is 0.173. The number of hydrogen-bond donors (Lipinski definition) is 2. The van der Waals surface area contributed by atoms with E-state index in [2.05, 4.69) is 103 Å². The molecule has 4 heteroatoms. The van der Waals surface area contributed by atoms with E-state index in [0.717, 1.165) is 35.1 Å². The van der Waals surface area contributed by atoms with Gasteiger partial charge in [0, 0.05) is 0 Å². The number of rotatable bonds is 12. The van der Waals surface area contributed by atoms with E-state index in [1.165, 1.54) is 0 Å². The van der Waals surface area contributed by atoms with Gasteiger partial charge in [-0.05, 0) is 98.3 Å². The van der Waals surface area contributed by atoms with Crippen molar-refractivity contribution in [2.45, 2.75) is 107 Å². The Balaban J connectivity index is 1.84. The maximum Gasteiger partial charge on any atom is 0.187 e. The van der Waals surface area contributed by atoms with Crippen LogP contribution in [0.1, 0.15) is 94.9 Å². The van der Waals surface area contributed by atoms with Gasteiger partial charge in [-0.15, -0.1) is 0 Å². The third kappa shape index (κ3) is 10.8. The van der Waals surface area contributed by atoms with Crippen LogP contribution in [0.25, 0.3) is 0 Å². The van der Waals surface area contributed by atoms with Crippen LogP contribution in [0.5, 0.6) is 0 Å². The molecule has 0 saturated carbocycles. The Hall–Kier alpha value is -3.08. The maximum atomic E-state index is 12.3. The van der Waals surface area contributed by atoms with Crippen molar-refractivity contribution in [1.29, 1.82) is 0 Å². The molecule has 2 rings (SSSR count). The summed E-state index contributed by atoms with van der Waals surface area (Å²) in [6, 6.07) is 0. The van der Waals surface area contributed by atoms with Crippen molar-refractivity contribution in [2.24, 2.45) is 22.7 Å². The normalized spacial score (nSPS) is 25.2. The summed E-state index contributed by atoms with van der Waals surface area (Å²) in [5.74, 6) is 0.483. The first kappa shape index (κ1) is 37.1. The summed E-state index contributed by atoms with van der Waals surface area (Å²) in [6.07, 6.45) is 26.5. The molecule has 2 N–H and O–H groups in total. The highest BCUT2D eigenvalue weighted by molar-refractivity contribution is 6.01. The van der Waals surface area contributed by atoms with Gasteiger partial charge in [0.25, 0.3) is 0 Å². The molecule has 0 fully saturated rings. The second-order valence-electron chi connectivity index (χ2n) is 14.2. The molecule has 0 amide bonds. The lowest BCUT2D eigenvalue weighted by molar-refractivity contribution is -0.126. The first-order valence-electron chi connectivity index (χ1n) is 16.0. The number of hydrogen-bond acceptors (Lipinski definition) is 4. The molecule has 240 valence electrons. The van der Waals surface area contributed by atoms with Gasteiger partial charge in [0.2, 0.25) is 0 Å². The van der Waals surface area contributed by atoms with Crippen LogP contribution >= 0.6 is 0 Å². The van der Waals surface area contributed by atoms with Crippen LogP contribution in [0, 0.1) is 22.7 Å². The van der Waals surface area contributed by atoms with E-state index >= 15 is 0 Å². The Morgan fingerprint density at radius 1 is 0.727 bits per heavy atom. The third-order valence-electron chi connectivity index (χ3n) is 8.82. The fraction of sp³-hybridized carbons (Fsp3) is 0.500. The minimum Gasteiger partial charge on any atom is -0.385 e. The molecule has 0 aromatic rings. The first-order chi connectivity index (χ1) is 20.5. The standard InChI is InChI=1S/C40H56O4/c1-27(17-13-19-29(3)21-23-33-31(5)37(43)35(41)25-39(33,7)8)15-11-12-16-28(2)18-14-20-30(4)22-24-34-32(6)38(44)36(42)26-40(34,9)10/h11-15,17-19,21-24,28,30,35-36,41-42H,16,20,25-26H2,1-10H3/b12-11+,17-13+,18-14+,23-21+,24-22+,27-15+,29-19+/t28?,30?,35-,36-/m0/s1. The van der Waals surface area contributed by atoms with Gasteiger partial charge >= 0.3 is 0 Å². The molecule has 4 atom stereocenters. The van der Waals surface area contributed by atoms with Gasteiger partial charge in [0.05, 0.1) is 0 Å². The summed E-state index contributed by atoms with van der Waals surface area (Å²) in [7, 11) is 0. The minimum atomic E-state index is -0.901. The highest BCUT2D eigenvalue weighted by Crippen LogP contribution is 2.40. The summed E-state index contributed by atoms with van der Waals surface area (Å²) in [5.41, 5.74) is 5.17. The van der Waals surface area contributed by atoms with Crippen molar-refractivity contribution in [1.82, 2.24) is 0 Å². The number of carbonyl (C=O) groups is 2. The Kier molecular flexibility index (Phi) is 13.7. The summed E-state index contributed by atoms with van der Waals surface area (Å²) in [5, 5.41) is 20.1. The van der Waals surface area contributed by atoms with Gasteiger partial charge in [-0.1, -0.05) is 126 Å². The zero-order valence-electron chi connectivity index (χ0n) is 28.8. The van der Waals surface area contributed by atoms with E-state index in [1.54, 1.807) is 6.92 Å². The smallest absolute Gasteiger partial charge is 0.187 e. The van der Waals surface area contributed by atoms with Crippen molar-refractivity contribution < 1.29 is 19.8 Å². The van der Waals surface area contributed by atoms with E-state index in [9.17, 15) is 19.8 Å². The topological polar surface area (TPSA) is 74.6 Å². The molecule has 4 nitrogen and oxygen atoms in total. The average Bonchev–Trinajstić information content (AvgIpc) is 2.92. The van der Waals surface area contributed by atoms with Crippen LogP contribution in [0.15, 0.2) is 106 Å². The van der Waals surface area contributed by atoms with E-state index < -0.39 is 12.2 Å². The summed E-state index contributed by atoms with van der Waals surface area (Å²) in [4.78, 5) is 24.5. The fourth-order valence-corrected chi connectivity index (χ4v) is 5.99. The van der Waals surface area contributed by atoms with Crippen molar-refractivity contribution >= 4 is 11.6 Å². The van der Waals surface area contributed by atoms with Crippen molar-refractivity contribution in [2.75, 3.05) is 0 Å². The Morgan fingerprint density at radius 3 is 1.75 bits per heavy atom. The van der Waals surface area contributed by atoms with Gasteiger partial charge in [-0.3, -0.25) is 9.59 Å². The van der Waals surface area contributed by atoms with E-state index in [-0.39, 0.29) is 22.4 Å². The Labute approximate surface area is 267 Å². The van der Waals surface area contributed by atoms with Crippen LogP contribution in [0.3, 0.4) is 0 Å². The average molecular weight is 601 g/mol. The second-order valence-corrected chi connectivity index (χ2v) is 14.2. The molecule has 0 aliphatic heterocycles. The second kappa shape index (κ2) is 16.3. The molecule has 2 aliphatic rings. The number of aliphatic hydroxyl groups is 2. The number of Topliss-reactive ketones (excluding diaryl/α,β-unsaturated/α-hetero) is 2. The molecule has 2 aliphatic carbocycles. The monoisotopic (exact) mass is 600 g/mol. The molecular weight excluding hydrogens is 544 g/mol. The Morgan fingerprint density at radius 2 is 1.18 bits per heavy atom. The maximum absolute atomic E-state index is 12.3. The van der Waals surface area contributed by atoms with Crippen molar-refractivity contribution in [3.63, 3.8) is 0 Å². The van der Waals surface area contributed by atoms with Crippen LogP contribution < -0.4 is 0 Å². The summed E-state index contributed by atoms with van der Waals surface area (Å²) < 4.78 is 0. The zero-order valence-corrected chi connectivity index (χ0v) is 28.8. The molecular formula is C40H56O4. The van der Waals surface area contributed by atoms with Crippen molar-refractivity contribution in [3.05, 3.63) is 106 Å². The molecule has 0 radical (unpaired) electrons. The van der Waals surface area contributed by atoms with Crippen LogP contribution in [0.2, 0.25) is 0 Å². The zero-order chi connectivity index (χ0) is 33.2. The molecule has 0 bridgehead atoms. The highest BCUT2D eigenvalue weighted by Gasteiger charge is 2.37. The largest absolute Gasteiger partial charge is 0.385 e. The third-order valence-corrected chi connectivity index (χ3v) is 8.82. The first-order valence-corrected chi connectivity index (χ1v) is 16.0.